The van der Waals surface area contributed by atoms with Crippen LogP contribution in [-0.2, 0) is 4.79 Å². The van der Waals surface area contributed by atoms with Crippen molar-refractivity contribution in [2.45, 2.75) is 26.8 Å². The van der Waals surface area contributed by atoms with Crippen molar-refractivity contribution < 1.29 is 14.7 Å². The Bertz CT molecular complexity index is 395. The number of aliphatic carboxylic acids is 1. The molecule has 1 atom stereocenters. The first-order valence-electron chi connectivity index (χ1n) is 5.13. The van der Waals surface area contributed by atoms with Gasteiger partial charge >= 0.3 is 12.0 Å². The molecule has 1 rings (SSSR count). The van der Waals surface area contributed by atoms with Gasteiger partial charge in [0.2, 0.25) is 0 Å². The van der Waals surface area contributed by atoms with Gasteiger partial charge in [0, 0.05) is 5.38 Å². The van der Waals surface area contributed by atoms with E-state index in [1.807, 2.05) is 5.38 Å². The SMILES string of the molecule is CC(C)(C)C(NC(=O)Nc1ccsc1)C(=O)O. The molecule has 5 nitrogen and oxygen atoms in total. The number of hydrogen-bond donors (Lipinski definition) is 3. The highest BCUT2D eigenvalue weighted by Gasteiger charge is 2.32. The maximum atomic E-state index is 11.6. The lowest BCUT2D eigenvalue weighted by Gasteiger charge is -2.27. The summed E-state index contributed by atoms with van der Waals surface area (Å²) < 4.78 is 0. The minimum atomic E-state index is -1.04. The number of carbonyl (C=O) groups excluding carboxylic acids is 1. The molecule has 0 aromatic carbocycles. The van der Waals surface area contributed by atoms with Gasteiger partial charge in [-0.1, -0.05) is 20.8 Å². The summed E-state index contributed by atoms with van der Waals surface area (Å²) in [6.07, 6.45) is 0. The van der Waals surface area contributed by atoms with Crippen molar-refractivity contribution in [3.63, 3.8) is 0 Å². The van der Waals surface area contributed by atoms with Gasteiger partial charge in [-0.25, -0.2) is 9.59 Å². The van der Waals surface area contributed by atoms with Crippen LogP contribution in [-0.4, -0.2) is 23.1 Å². The fraction of sp³-hybridized carbons (Fsp3) is 0.455. The Morgan fingerprint density at radius 2 is 2.06 bits per heavy atom. The highest BCUT2D eigenvalue weighted by molar-refractivity contribution is 7.08. The number of hydrogen-bond acceptors (Lipinski definition) is 3. The molecule has 0 saturated carbocycles. The van der Waals surface area contributed by atoms with Gasteiger partial charge in [0.15, 0.2) is 0 Å². The molecule has 1 aromatic heterocycles. The van der Waals surface area contributed by atoms with Crippen LogP contribution in [0.5, 0.6) is 0 Å². The van der Waals surface area contributed by atoms with E-state index in [9.17, 15) is 9.59 Å². The maximum Gasteiger partial charge on any atom is 0.326 e. The van der Waals surface area contributed by atoms with Gasteiger partial charge in [0.25, 0.3) is 0 Å². The summed E-state index contributed by atoms with van der Waals surface area (Å²) in [6, 6.07) is 0.309. The molecule has 0 radical (unpaired) electrons. The third-order valence-electron chi connectivity index (χ3n) is 2.17. The molecule has 0 bridgehead atoms. The topological polar surface area (TPSA) is 78.4 Å². The molecule has 6 heteroatoms. The number of amides is 2. The molecule has 0 aliphatic rings. The Morgan fingerprint density at radius 3 is 2.47 bits per heavy atom. The van der Waals surface area contributed by atoms with Crippen molar-refractivity contribution in [1.82, 2.24) is 5.32 Å². The third kappa shape index (κ3) is 4.07. The summed E-state index contributed by atoms with van der Waals surface area (Å²) in [5.41, 5.74) is 0.114. The summed E-state index contributed by atoms with van der Waals surface area (Å²) in [5, 5.41) is 17.7. The molecule has 0 aliphatic heterocycles. The Morgan fingerprint density at radius 1 is 1.41 bits per heavy atom. The van der Waals surface area contributed by atoms with Crippen LogP contribution in [0.4, 0.5) is 10.5 Å². The summed E-state index contributed by atoms with van der Waals surface area (Å²) >= 11 is 1.45. The summed E-state index contributed by atoms with van der Waals surface area (Å²) in [6.45, 7) is 5.28. The van der Waals surface area contributed by atoms with Crippen LogP contribution >= 0.6 is 11.3 Å². The van der Waals surface area contributed by atoms with Gasteiger partial charge in [-0.15, -0.1) is 0 Å². The van der Waals surface area contributed by atoms with Crippen molar-refractivity contribution in [2.24, 2.45) is 5.41 Å². The lowest BCUT2D eigenvalue weighted by molar-refractivity contribution is -0.141. The number of carboxylic acids is 1. The monoisotopic (exact) mass is 256 g/mol. The first-order chi connectivity index (χ1) is 7.80. The molecule has 2 amide bonds. The van der Waals surface area contributed by atoms with Gasteiger partial charge in [-0.05, 0) is 16.9 Å². The second-order valence-corrected chi connectivity index (χ2v) is 5.53. The molecule has 0 saturated heterocycles. The number of anilines is 1. The number of rotatable bonds is 3. The molecule has 3 N–H and O–H groups in total. The van der Waals surface area contributed by atoms with Crippen molar-refractivity contribution in [1.29, 1.82) is 0 Å². The molecular formula is C11H16N2O3S. The van der Waals surface area contributed by atoms with Crippen LogP contribution in [0.3, 0.4) is 0 Å². The van der Waals surface area contributed by atoms with Crippen LogP contribution in [0, 0.1) is 5.41 Å². The van der Waals surface area contributed by atoms with Gasteiger partial charge in [-0.2, -0.15) is 11.3 Å². The highest BCUT2D eigenvalue weighted by Crippen LogP contribution is 2.19. The van der Waals surface area contributed by atoms with E-state index in [1.54, 1.807) is 32.2 Å². The van der Waals surface area contributed by atoms with Gasteiger partial charge in [-0.3, -0.25) is 0 Å². The lowest BCUT2D eigenvalue weighted by Crippen LogP contribution is -2.50. The van der Waals surface area contributed by atoms with E-state index in [0.717, 1.165) is 0 Å². The molecule has 1 heterocycles. The van der Waals surface area contributed by atoms with Crippen LogP contribution in [0.15, 0.2) is 16.8 Å². The van der Waals surface area contributed by atoms with Crippen molar-refractivity contribution in [3.8, 4) is 0 Å². The molecular weight excluding hydrogens is 240 g/mol. The molecule has 1 aromatic rings. The second-order valence-electron chi connectivity index (χ2n) is 4.75. The zero-order valence-electron chi connectivity index (χ0n) is 9.98. The molecule has 1 unspecified atom stereocenters. The molecule has 0 spiro atoms. The van der Waals surface area contributed by atoms with E-state index in [0.29, 0.717) is 5.69 Å². The molecule has 0 fully saturated rings. The second kappa shape index (κ2) is 5.18. The number of nitrogens with one attached hydrogen (secondary N) is 2. The van der Waals surface area contributed by atoms with Crippen LogP contribution < -0.4 is 10.6 Å². The van der Waals surface area contributed by atoms with E-state index in [2.05, 4.69) is 10.6 Å². The average molecular weight is 256 g/mol. The van der Waals surface area contributed by atoms with Crippen molar-refractivity contribution >= 4 is 29.0 Å². The van der Waals surface area contributed by atoms with Crippen molar-refractivity contribution in [3.05, 3.63) is 16.8 Å². The predicted molar refractivity (Wildman–Crippen MR) is 67.4 cm³/mol. The zero-order valence-corrected chi connectivity index (χ0v) is 10.8. The first-order valence-corrected chi connectivity index (χ1v) is 6.07. The highest BCUT2D eigenvalue weighted by atomic mass is 32.1. The molecule has 17 heavy (non-hydrogen) atoms. The third-order valence-corrected chi connectivity index (χ3v) is 2.85. The fourth-order valence-electron chi connectivity index (χ4n) is 1.28. The van der Waals surface area contributed by atoms with E-state index >= 15 is 0 Å². The van der Waals surface area contributed by atoms with E-state index < -0.39 is 23.5 Å². The Kier molecular flexibility index (Phi) is 4.11. The van der Waals surface area contributed by atoms with Crippen LogP contribution in [0.1, 0.15) is 20.8 Å². The summed E-state index contributed by atoms with van der Waals surface area (Å²) in [4.78, 5) is 22.6. The van der Waals surface area contributed by atoms with E-state index in [4.69, 9.17) is 5.11 Å². The zero-order chi connectivity index (χ0) is 13.1. The minimum Gasteiger partial charge on any atom is -0.480 e. The normalized spacial score (nSPS) is 12.9. The lowest BCUT2D eigenvalue weighted by atomic mass is 9.87. The summed E-state index contributed by atoms with van der Waals surface area (Å²) in [7, 11) is 0. The van der Waals surface area contributed by atoms with Crippen LogP contribution in [0.25, 0.3) is 0 Å². The van der Waals surface area contributed by atoms with Crippen molar-refractivity contribution in [2.75, 3.05) is 5.32 Å². The summed E-state index contributed by atoms with van der Waals surface area (Å²) in [5.74, 6) is -1.04. The Balaban J connectivity index is 2.62. The molecule has 0 aliphatic carbocycles. The Labute approximate surface area is 104 Å². The van der Waals surface area contributed by atoms with Crippen LogP contribution in [0.2, 0.25) is 0 Å². The molecule has 94 valence electrons. The largest absolute Gasteiger partial charge is 0.480 e. The maximum absolute atomic E-state index is 11.6. The average Bonchev–Trinajstić information content (AvgIpc) is 2.64. The van der Waals surface area contributed by atoms with E-state index in [-0.39, 0.29) is 0 Å². The number of thiophene rings is 1. The minimum absolute atomic E-state index is 0.509. The number of carboxylic acid groups (broad SMARTS) is 1. The smallest absolute Gasteiger partial charge is 0.326 e. The predicted octanol–water partition coefficient (Wildman–Crippen LogP) is 2.37. The van der Waals surface area contributed by atoms with Gasteiger partial charge < -0.3 is 15.7 Å². The fourth-order valence-corrected chi connectivity index (χ4v) is 1.87. The standard InChI is InChI=1S/C11H16N2O3S/c1-11(2,3)8(9(14)15)13-10(16)12-7-4-5-17-6-7/h4-6,8H,1-3H3,(H,14,15)(H2,12,13,16). The van der Waals surface area contributed by atoms with E-state index in [1.165, 1.54) is 11.3 Å². The first kappa shape index (κ1) is 13.5. The van der Waals surface area contributed by atoms with Gasteiger partial charge in [0.05, 0.1) is 5.69 Å². The number of urea groups is 1. The number of carbonyl (C=O) groups is 2. The quantitative estimate of drug-likeness (QED) is 0.776. The van der Waals surface area contributed by atoms with Gasteiger partial charge in [0.1, 0.15) is 6.04 Å². The Hall–Kier alpha value is -1.56.